The minimum Gasteiger partial charge on any atom is -0.480 e. The van der Waals surface area contributed by atoms with Crippen LogP contribution in [-0.2, 0) is 17.0 Å². The lowest BCUT2D eigenvalue weighted by atomic mass is 10.1. The number of aliphatic carboxylic acids is 1. The SMILES string of the molecule is O=C(O)[C@H](Cc1ccccc1)NCCCSCc1ccccc1. The van der Waals surface area contributed by atoms with Crippen molar-refractivity contribution in [2.75, 3.05) is 12.3 Å². The molecular formula is C19H23NO2S. The first-order valence-electron chi connectivity index (χ1n) is 7.87. The molecule has 0 aliphatic carbocycles. The van der Waals surface area contributed by atoms with E-state index in [1.807, 2.05) is 48.2 Å². The van der Waals surface area contributed by atoms with Crippen LogP contribution in [0.5, 0.6) is 0 Å². The van der Waals surface area contributed by atoms with E-state index in [4.69, 9.17) is 0 Å². The third kappa shape index (κ3) is 6.89. The number of thioether (sulfide) groups is 1. The van der Waals surface area contributed by atoms with E-state index in [1.165, 1.54) is 5.56 Å². The molecule has 2 aromatic carbocycles. The van der Waals surface area contributed by atoms with E-state index in [-0.39, 0.29) is 0 Å². The second-order valence-corrected chi connectivity index (χ2v) is 6.53. The summed E-state index contributed by atoms with van der Waals surface area (Å²) in [7, 11) is 0. The third-order valence-electron chi connectivity index (χ3n) is 3.55. The number of rotatable bonds is 10. The summed E-state index contributed by atoms with van der Waals surface area (Å²) in [5.41, 5.74) is 2.38. The fraction of sp³-hybridized carbons (Fsp3) is 0.316. The van der Waals surface area contributed by atoms with Gasteiger partial charge in [-0.25, -0.2) is 0 Å². The molecule has 0 bridgehead atoms. The number of hydrogen-bond acceptors (Lipinski definition) is 3. The van der Waals surface area contributed by atoms with Gasteiger partial charge in [0.25, 0.3) is 0 Å². The molecule has 0 aliphatic heterocycles. The van der Waals surface area contributed by atoms with E-state index in [0.29, 0.717) is 6.42 Å². The third-order valence-corrected chi connectivity index (χ3v) is 4.66. The van der Waals surface area contributed by atoms with E-state index in [2.05, 4.69) is 29.6 Å². The zero-order valence-electron chi connectivity index (χ0n) is 13.2. The number of carboxylic acid groups (broad SMARTS) is 1. The normalized spacial score (nSPS) is 12.0. The standard InChI is InChI=1S/C19H23NO2S/c21-19(22)18(14-16-8-3-1-4-9-16)20-12-7-13-23-15-17-10-5-2-6-11-17/h1-6,8-11,18,20H,7,12-15H2,(H,21,22)/t18-/m0/s1. The summed E-state index contributed by atoms with van der Waals surface area (Å²) in [6.45, 7) is 0.728. The van der Waals surface area contributed by atoms with E-state index in [1.54, 1.807) is 0 Å². The highest BCUT2D eigenvalue weighted by atomic mass is 32.2. The van der Waals surface area contributed by atoms with Gasteiger partial charge in [0, 0.05) is 5.75 Å². The molecule has 0 amide bonds. The minimum absolute atomic E-state index is 0.517. The minimum atomic E-state index is -0.786. The molecule has 0 radical (unpaired) electrons. The molecule has 122 valence electrons. The van der Waals surface area contributed by atoms with Gasteiger partial charge in [0.1, 0.15) is 6.04 Å². The maximum atomic E-state index is 11.3. The van der Waals surface area contributed by atoms with Crippen molar-refractivity contribution in [1.82, 2.24) is 5.32 Å². The van der Waals surface area contributed by atoms with Gasteiger partial charge in [0.15, 0.2) is 0 Å². The lowest BCUT2D eigenvalue weighted by Crippen LogP contribution is -2.39. The van der Waals surface area contributed by atoms with Gasteiger partial charge < -0.3 is 10.4 Å². The average Bonchev–Trinajstić information content (AvgIpc) is 2.58. The van der Waals surface area contributed by atoms with E-state index in [9.17, 15) is 9.90 Å². The second-order valence-electron chi connectivity index (χ2n) is 5.43. The van der Waals surface area contributed by atoms with Crippen molar-refractivity contribution in [1.29, 1.82) is 0 Å². The molecule has 0 saturated heterocycles. The van der Waals surface area contributed by atoms with Gasteiger partial charge in [-0.2, -0.15) is 11.8 Å². The monoisotopic (exact) mass is 329 g/mol. The molecular weight excluding hydrogens is 306 g/mol. The van der Waals surface area contributed by atoms with Gasteiger partial charge in [0.2, 0.25) is 0 Å². The number of benzene rings is 2. The molecule has 4 heteroatoms. The predicted octanol–water partition coefficient (Wildman–Crippen LogP) is 3.60. The summed E-state index contributed by atoms with van der Waals surface area (Å²) in [5.74, 6) is 1.25. The zero-order chi connectivity index (χ0) is 16.3. The van der Waals surface area contributed by atoms with Gasteiger partial charge >= 0.3 is 5.97 Å². The van der Waals surface area contributed by atoms with Crippen LogP contribution >= 0.6 is 11.8 Å². The van der Waals surface area contributed by atoms with Crippen LogP contribution in [0.2, 0.25) is 0 Å². The highest BCUT2D eigenvalue weighted by molar-refractivity contribution is 7.98. The zero-order valence-corrected chi connectivity index (χ0v) is 14.0. The Morgan fingerprint density at radius 3 is 2.22 bits per heavy atom. The maximum Gasteiger partial charge on any atom is 0.321 e. The molecule has 0 saturated carbocycles. The van der Waals surface area contributed by atoms with Crippen LogP contribution in [0.25, 0.3) is 0 Å². The Balaban J connectivity index is 1.64. The first-order valence-corrected chi connectivity index (χ1v) is 9.03. The average molecular weight is 329 g/mol. The molecule has 0 aliphatic rings. The number of hydrogen-bond donors (Lipinski definition) is 2. The molecule has 23 heavy (non-hydrogen) atoms. The van der Waals surface area contributed by atoms with Gasteiger partial charge in [-0.05, 0) is 36.3 Å². The molecule has 0 spiro atoms. The highest BCUT2D eigenvalue weighted by Crippen LogP contribution is 2.12. The van der Waals surface area contributed by atoms with Gasteiger partial charge in [0.05, 0.1) is 0 Å². The smallest absolute Gasteiger partial charge is 0.321 e. The largest absolute Gasteiger partial charge is 0.480 e. The predicted molar refractivity (Wildman–Crippen MR) is 96.8 cm³/mol. The first kappa shape index (κ1) is 17.6. The molecule has 3 nitrogen and oxygen atoms in total. The van der Waals surface area contributed by atoms with Crippen LogP contribution in [0.3, 0.4) is 0 Å². The van der Waals surface area contributed by atoms with E-state index < -0.39 is 12.0 Å². The van der Waals surface area contributed by atoms with Crippen molar-refractivity contribution in [3.8, 4) is 0 Å². The van der Waals surface area contributed by atoms with Crippen LogP contribution in [0.1, 0.15) is 17.5 Å². The Morgan fingerprint density at radius 1 is 1.00 bits per heavy atom. The summed E-state index contributed by atoms with van der Waals surface area (Å²) in [5, 5.41) is 12.5. The Kier molecular flexibility index (Phi) is 7.70. The van der Waals surface area contributed by atoms with Crippen LogP contribution in [0, 0.1) is 0 Å². The Morgan fingerprint density at radius 2 is 1.61 bits per heavy atom. The summed E-state index contributed by atoms with van der Waals surface area (Å²) >= 11 is 1.88. The molecule has 2 aromatic rings. The maximum absolute atomic E-state index is 11.3. The van der Waals surface area contributed by atoms with Gasteiger partial charge in [-0.1, -0.05) is 60.7 Å². The lowest BCUT2D eigenvalue weighted by molar-refractivity contribution is -0.139. The van der Waals surface area contributed by atoms with Gasteiger partial charge in [-0.15, -0.1) is 0 Å². The van der Waals surface area contributed by atoms with Crippen molar-refractivity contribution in [2.24, 2.45) is 0 Å². The molecule has 0 unspecified atom stereocenters. The van der Waals surface area contributed by atoms with Gasteiger partial charge in [-0.3, -0.25) is 4.79 Å². The molecule has 0 heterocycles. The topological polar surface area (TPSA) is 49.3 Å². The van der Waals surface area contributed by atoms with E-state index in [0.717, 1.165) is 30.0 Å². The fourth-order valence-corrected chi connectivity index (χ4v) is 3.23. The van der Waals surface area contributed by atoms with Crippen LogP contribution < -0.4 is 5.32 Å². The molecule has 1 atom stereocenters. The molecule has 0 fully saturated rings. The Labute approximate surface area is 142 Å². The van der Waals surface area contributed by atoms with Crippen molar-refractivity contribution in [3.05, 3.63) is 71.8 Å². The quantitative estimate of drug-likeness (QED) is 0.654. The molecule has 2 rings (SSSR count). The van der Waals surface area contributed by atoms with Crippen molar-refractivity contribution in [3.63, 3.8) is 0 Å². The highest BCUT2D eigenvalue weighted by Gasteiger charge is 2.16. The van der Waals surface area contributed by atoms with Crippen molar-refractivity contribution >= 4 is 17.7 Å². The summed E-state index contributed by atoms with van der Waals surface area (Å²) in [6, 6.07) is 19.6. The molecule has 0 aromatic heterocycles. The number of carboxylic acids is 1. The molecule has 2 N–H and O–H groups in total. The second kappa shape index (κ2) is 10.1. The van der Waals surface area contributed by atoms with Crippen LogP contribution in [-0.4, -0.2) is 29.4 Å². The van der Waals surface area contributed by atoms with Crippen molar-refractivity contribution in [2.45, 2.75) is 24.6 Å². The number of carbonyl (C=O) groups is 1. The fourth-order valence-electron chi connectivity index (χ4n) is 2.31. The summed E-state index contributed by atoms with van der Waals surface area (Å²) in [4.78, 5) is 11.3. The summed E-state index contributed by atoms with van der Waals surface area (Å²) < 4.78 is 0. The van der Waals surface area contributed by atoms with Crippen LogP contribution in [0.15, 0.2) is 60.7 Å². The van der Waals surface area contributed by atoms with Crippen molar-refractivity contribution < 1.29 is 9.90 Å². The van der Waals surface area contributed by atoms with E-state index >= 15 is 0 Å². The Bertz CT molecular complexity index is 574. The van der Waals surface area contributed by atoms with Crippen LogP contribution in [0.4, 0.5) is 0 Å². The first-order chi connectivity index (χ1) is 11.3. The summed E-state index contributed by atoms with van der Waals surface area (Å²) in [6.07, 6.45) is 1.49. The Hall–Kier alpha value is -1.78. The lowest BCUT2D eigenvalue weighted by Gasteiger charge is -2.14. The number of nitrogens with one attached hydrogen (secondary N) is 1.